The topological polar surface area (TPSA) is 92.5 Å². The molecular formula is C12H15ClFN3O3S. The SMILES string of the molecule is Nc1cc(Cl)cc(S(=O)(=O)NCC(=O)N2CCCC2)c1F. The third-order valence-corrected chi connectivity index (χ3v) is 4.81. The largest absolute Gasteiger partial charge is 0.396 e. The molecule has 1 aliphatic rings. The van der Waals surface area contributed by atoms with Crippen molar-refractivity contribution < 1.29 is 17.6 Å². The Morgan fingerprint density at radius 2 is 2.00 bits per heavy atom. The molecule has 3 N–H and O–H groups in total. The average Bonchev–Trinajstić information content (AvgIpc) is 2.94. The molecule has 0 atom stereocenters. The number of hydrogen-bond acceptors (Lipinski definition) is 4. The summed E-state index contributed by atoms with van der Waals surface area (Å²) in [5.41, 5.74) is 4.98. The van der Waals surface area contributed by atoms with E-state index < -0.39 is 27.3 Å². The van der Waals surface area contributed by atoms with Crippen molar-refractivity contribution in [1.82, 2.24) is 9.62 Å². The first-order chi connectivity index (χ1) is 9.81. The zero-order valence-corrected chi connectivity index (χ0v) is 12.7. The number of amides is 1. The van der Waals surface area contributed by atoms with Crippen LogP contribution in [0.2, 0.25) is 5.02 Å². The van der Waals surface area contributed by atoms with Gasteiger partial charge in [-0.25, -0.2) is 17.5 Å². The Hall–Kier alpha value is -1.38. The van der Waals surface area contributed by atoms with Crippen LogP contribution in [0.4, 0.5) is 10.1 Å². The highest BCUT2D eigenvalue weighted by Gasteiger charge is 2.24. The number of nitrogens with zero attached hydrogens (tertiary/aromatic N) is 1. The molecule has 0 radical (unpaired) electrons. The summed E-state index contributed by atoms with van der Waals surface area (Å²) in [5.74, 6) is -1.42. The summed E-state index contributed by atoms with van der Waals surface area (Å²) in [6.45, 7) is 0.798. The molecule has 0 aromatic heterocycles. The van der Waals surface area contributed by atoms with Crippen LogP contribution in [0.25, 0.3) is 0 Å². The third-order valence-electron chi connectivity index (χ3n) is 3.19. The van der Waals surface area contributed by atoms with Gasteiger partial charge in [0.15, 0.2) is 5.82 Å². The lowest BCUT2D eigenvalue weighted by Gasteiger charge is -2.16. The fourth-order valence-electron chi connectivity index (χ4n) is 2.09. The minimum absolute atomic E-state index is 0.000134. The van der Waals surface area contributed by atoms with Gasteiger partial charge in [-0.05, 0) is 25.0 Å². The Morgan fingerprint density at radius 3 is 2.62 bits per heavy atom. The highest BCUT2D eigenvalue weighted by Crippen LogP contribution is 2.25. The van der Waals surface area contributed by atoms with E-state index in [9.17, 15) is 17.6 Å². The average molecular weight is 336 g/mol. The van der Waals surface area contributed by atoms with E-state index in [4.69, 9.17) is 17.3 Å². The first-order valence-corrected chi connectivity index (χ1v) is 8.19. The summed E-state index contributed by atoms with van der Waals surface area (Å²) in [4.78, 5) is 12.7. The molecule has 1 aromatic carbocycles. The van der Waals surface area contributed by atoms with E-state index in [-0.39, 0.29) is 16.6 Å². The summed E-state index contributed by atoms with van der Waals surface area (Å²) in [7, 11) is -4.20. The number of rotatable bonds is 4. The monoisotopic (exact) mass is 335 g/mol. The van der Waals surface area contributed by atoms with Gasteiger partial charge in [-0.1, -0.05) is 11.6 Å². The quantitative estimate of drug-likeness (QED) is 0.802. The molecule has 0 spiro atoms. The third kappa shape index (κ3) is 3.63. The molecule has 6 nitrogen and oxygen atoms in total. The maximum Gasteiger partial charge on any atom is 0.244 e. The first kappa shape index (κ1) is 16.0. The van der Waals surface area contributed by atoms with E-state index in [1.165, 1.54) is 0 Å². The molecular weight excluding hydrogens is 321 g/mol. The zero-order chi connectivity index (χ0) is 15.6. The van der Waals surface area contributed by atoms with E-state index in [0.29, 0.717) is 13.1 Å². The lowest BCUT2D eigenvalue weighted by molar-refractivity contribution is -0.128. The maximum absolute atomic E-state index is 13.8. The van der Waals surface area contributed by atoms with E-state index in [1.54, 1.807) is 4.90 Å². The van der Waals surface area contributed by atoms with E-state index in [0.717, 1.165) is 25.0 Å². The number of nitrogens with one attached hydrogen (secondary N) is 1. The number of nitrogens with two attached hydrogens (primary N) is 1. The number of carbonyl (C=O) groups is 1. The molecule has 0 aliphatic carbocycles. The standard InChI is InChI=1S/C12H15ClFN3O3S/c13-8-5-9(15)12(14)10(6-8)21(19,20)16-7-11(18)17-3-1-2-4-17/h5-6,16H,1-4,7,15H2. The van der Waals surface area contributed by atoms with E-state index in [2.05, 4.69) is 4.72 Å². The van der Waals surface area contributed by atoms with Gasteiger partial charge in [0, 0.05) is 18.1 Å². The van der Waals surface area contributed by atoms with Crippen LogP contribution < -0.4 is 10.5 Å². The number of nitrogen functional groups attached to an aromatic ring is 1. The van der Waals surface area contributed by atoms with Crippen molar-refractivity contribution in [1.29, 1.82) is 0 Å². The van der Waals surface area contributed by atoms with Gasteiger partial charge in [-0.15, -0.1) is 0 Å². The van der Waals surface area contributed by atoms with Gasteiger partial charge >= 0.3 is 0 Å². The second-order valence-corrected chi connectivity index (χ2v) is 6.89. The van der Waals surface area contributed by atoms with Gasteiger partial charge in [0.05, 0.1) is 12.2 Å². The van der Waals surface area contributed by atoms with Gasteiger partial charge < -0.3 is 10.6 Å². The molecule has 1 fully saturated rings. The second kappa shape index (κ2) is 6.17. The normalized spacial score (nSPS) is 15.4. The molecule has 1 aliphatic heterocycles. The van der Waals surface area contributed by atoms with Crippen molar-refractivity contribution >= 4 is 33.2 Å². The summed E-state index contributed by atoms with van der Waals surface area (Å²) >= 11 is 5.68. The predicted octanol–water partition coefficient (Wildman–Crippen LogP) is 0.962. The predicted molar refractivity (Wildman–Crippen MR) is 76.8 cm³/mol. The number of anilines is 1. The molecule has 1 aromatic rings. The molecule has 1 saturated heterocycles. The van der Waals surface area contributed by atoms with Gasteiger partial charge in [0.2, 0.25) is 15.9 Å². The van der Waals surface area contributed by atoms with Crippen LogP contribution in [-0.4, -0.2) is 38.9 Å². The Morgan fingerprint density at radius 1 is 1.38 bits per heavy atom. The van der Waals surface area contributed by atoms with Crippen molar-refractivity contribution in [3.63, 3.8) is 0 Å². The molecule has 1 heterocycles. The van der Waals surface area contributed by atoms with Crippen molar-refractivity contribution in [2.45, 2.75) is 17.7 Å². The minimum atomic E-state index is -4.20. The molecule has 1 amide bonds. The number of benzene rings is 1. The van der Waals surface area contributed by atoms with Gasteiger partial charge in [0.1, 0.15) is 4.90 Å². The van der Waals surface area contributed by atoms with Crippen LogP contribution in [0, 0.1) is 5.82 Å². The number of carbonyl (C=O) groups excluding carboxylic acids is 1. The Bertz CT molecular complexity index is 660. The van der Waals surface area contributed by atoms with Gasteiger partial charge in [0.25, 0.3) is 0 Å². The second-order valence-electron chi connectivity index (χ2n) is 4.72. The summed E-state index contributed by atoms with van der Waals surface area (Å²) < 4.78 is 40.0. The smallest absolute Gasteiger partial charge is 0.244 e. The van der Waals surface area contributed by atoms with Crippen LogP contribution >= 0.6 is 11.6 Å². The van der Waals surface area contributed by atoms with Gasteiger partial charge in [-0.3, -0.25) is 4.79 Å². The fourth-order valence-corrected chi connectivity index (χ4v) is 3.49. The van der Waals surface area contributed by atoms with E-state index >= 15 is 0 Å². The lowest BCUT2D eigenvalue weighted by Crippen LogP contribution is -2.38. The Labute approximate surface area is 127 Å². The number of hydrogen-bond donors (Lipinski definition) is 2. The molecule has 0 saturated carbocycles. The van der Waals surface area contributed by atoms with Crippen LogP contribution in [0.3, 0.4) is 0 Å². The van der Waals surface area contributed by atoms with E-state index in [1.807, 2.05) is 0 Å². The van der Waals surface area contributed by atoms with Crippen LogP contribution in [-0.2, 0) is 14.8 Å². The number of sulfonamides is 1. The van der Waals surface area contributed by atoms with Crippen LogP contribution in [0.15, 0.2) is 17.0 Å². The summed E-state index contributed by atoms with van der Waals surface area (Å²) in [5, 5.41) is 0.000134. The number of likely N-dealkylation sites (tertiary alicyclic amines) is 1. The minimum Gasteiger partial charge on any atom is -0.396 e. The van der Waals surface area contributed by atoms with Gasteiger partial charge in [-0.2, -0.15) is 0 Å². The van der Waals surface area contributed by atoms with Crippen molar-refractivity contribution in [3.8, 4) is 0 Å². The Balaban J connectivity index is 2.13. The molecule has 9 heteroatoms. The fraction of sp³-hybridized carbons (Fsp3) is 0.417. The maximum atomic E-state index is 13.8. The summed E-state index contributed by atoms with van der Waals surface area (Å²) in [6, 6.07) is 2.07. The van der Waals surface area contributed by atoms with Crippen molar-refractivity contribution in [2.75, 3.05) is 25.4 Å². The zero-order valence-electron chi connectivity index (χ0n) is 11.1. The molecule has 0 unspecified atom stereocenters. The summed E-state index contributed by atoms with van der Waals surface area (Å²) in [6.07, 6.45) is 1.80. The van der Waals surface area contributed by atoms with Crippen molar-refractivity contribution in [3.05, 3.63) is 23.0 Å². The molecule has 116 valence electrons. The highest BCUT2D eigenvalue weighted by atomic mass is 35.5. The molecule has 2 rings (SSSR count). The molecule has 0 bridgehead atoms. The molecule has 21 heavy (non-hydrogen) atoms. The first-order valence-electron chi connectivity index (χ1n) is 6.33. The van der Waals surface area contributed by atoms with Crippen LogP contribution in [0.5, 0.6) is 0 Å². The van der Waals surface area contributed by atoms with Crippen molar-refractivity contribution in [2.24, 2.45) is 0 Å². The number of halogens is 2. The van der Waals surface area contributed by atoms with Crippen LogP contribution in [0.1, 0.15) is 12.8 Å². The Kier molecular flexibility index (Phi) is 4.70. The lowest BCUT2D eigenvalue weighted by atomic mass is 10.3. The highest BCUT2D eigenvalue weighted by molar-refractivity contribution is 7.89.